The molecule has 3 rings (SSSR count). The second-order valence-electron chi connectivity index (χ2n) is 4.37. The third kappa shape index (κ3) is 1.80. The zero-order chi connectivity index (χ0) is 12.5. The first-order valence-corrected chi connectivity index (χ1v) is 5.90. The highest BCUT2D eigenvalue weighted by Crippen LogP contribution is 2.36. The molecule has 2 aliphatic carbocycles. The summed E-state index contributed by atoms with van der Waals surface area (Å²) in [5.74, 6) is 0.807. The van der Waals surface area contributed by atoms with Crippen LogP contribution in [0.25, 0.3) is 0 Å². The lowest BCUT2D eigenvalue weighted by Gasteiger charge is -2.20. The Morgan fingerprint density at radius 3 is 2.61 bits per heavy atom. The Hall–Kier alpha value is -2.09. The van der Waals surface area contributed by atoms with Gasteiger partial charge in [-0.2, -0.15) is 0 Å². The lowest BCUT2D eigenvalue weighted by atomic mass is 9.88. The van der Waals surface area contributed by atoms with Gasteiger partial charge in [-0.3, -0.25) is 0 Å². The molecule has 2 heteroatoms. The lowest BCUT2D eigenvalue weighted by Crippen LogP contribution is -2.05. The van der Waals surface area contributed by atoms with Crippen LogP contribution < -0.4 is 0 Å². The minimum atomic E-state index is -0.209. The average Bonchev–Trinajstić information content (AvgIpc) is 2.86. The largest absolute Gasteiger partial charge is 0.496 e. The molecule has 1 nitrogen and oxygen atoms in total. The molecule has 0 radical (unpaired) electrons. The van der Waals surface area contributed by atoms with E-state index in [9.17, 15) is 4.39 Å². The zero-order valence-corrected chi connectivity index (χ0v) is 10.1. The van der Waals surface area contributed by atoms with Crippen LogP contribution >= 0.6 is 0 Å². The molecule has 0 N–H and O–H groups in total. The van der Waals surface area contributed by atoms with Crippen molar-refractivity contribution in [1.82, 2.24) is 0 Å². The second kappa shape index (κ2) is 4.30. The van der Waals surface area contributed by atoms with Gasteiger partial charge in [-0.25, -0.2) is 4.39 Å². The highest BCUT2D eigenvalue weighted by molar-refractivity contribution is 5.60. The van der Waals surface area contributed by atoms with E-state index >= 15 is 0 Å². The predicted molar refractivity (Wildman–Crippen MR) is 69.5 cm³/mol. The Morgan fingerprint density at radius 1 is 1.11 bits per heavy atom. The van der Waals surface area contributed by atoms with Gasteiger partial charge in [0.1, 0.15) is 11.6 Å². The van der Waals surface area contributed by atoms with Crippen LogP contribution in [0.5, 0.6) is 0 Å². The van der Waals surface area contributed by atoms with E-state index in [1.54, 1.807) is 7.11 Å². The van der Waals surface area contributed by atoms with Crippen LogP contribution in [0.4, 0.5) is 4.39 Å². The Kier molecular flexibility index (Phi) is 2.63. The Balaban J connectivity index is 2.01. The summed E-state index contributed by atoms with van der Waals surface area (Å²) in [6, 6.07) is 6.61. The van der Waals surface area contributed by atoms with Gasteiger partial charge in [-0.15, -0.1) is 0 Å². The molecule has 0 amide bonds. The van der Waals surface area contributed by atoms with Gasteiger partial charge in [0.25, 0.3) is 0 Å². The monoisotopic (exact) mass is 240 g/mol. The van der Waals surface area contributed by atoms with Crippen LogP contribution in [0.15, 0.2) is 71.6 Å². The van der Waals surface area contributed by atoms with Crippen molar-refractivity contribution in [2.24, 2.45) is 0 Å². The number of allylic oxidation sites excluding steroid dienone is 6. The number of benzene rings is 1. The quantitative estimate of drug-likeness (QED) is 0.762. The van der Waals surface area contributed by atoms with E-state index in [2.05, 4.69) is 18.2 Å². The first kappa shape index (κ1) is 11.0. The molecule has 0 fully saturated rings. The van der Waals surface area contributed by atoms with Crippen LogP contribution in [0.2, 0.25) is 0 Å². The maximum absolute atomic E-state index is 12.9. The fraction of sp³-hybridized carbons (Fsp3) is 0.125. The van der Waals surface area contributed by atoms with Crippen LogP contribution in [0, 0.1) is 5.82 Å². The minimum Gasteiger partial charge on any atom is -0.496 e. The Labute approximate surface area is 106 Å². The first-order valence-electron chi connectivity index (χ1n) is 5.90. The normalized spacial score (nSPS) is 21.0. The van der Waals surface area contributed by atoms with Gasteiger partial charge in [0.2, 0.25) is 0 Å². The minimum absolute atomic E-state index is 0.135. The van der Waals surface area contributed by atoms with Crippen molar-refractivity contribution in [1.29, 1.82) is 0 Å². The van der Waals surface area contributed by atoms with Crippen LogP contribution in [-0.4, -0.2) is 7.11 Å². The molecule has 2 aliphatic rings. The summed E-state index contributed by atoms with van der Waals surface area (Å²) in [7, 11) is 1.68. The summed E-state index contributed by atoms with van der Waals surface area (Å²) >= 11 is 0. The number of rotatable bonds is 2. The molecular weight excluding hydrogens is 227 g/mol. The molecule has 0 saturated carbocycles. The average molecular weight is 240 g/mol. The summed E-state index contributed by atoms with van der Waals surface area (Å²) in [5, 5.41) is 0. The standard InChI is InChI=1S/C16H13FO/c1-18-16-10-13(9-12-3-2-4-15(12)16)11-5-7-14(17)8-6-11/h2-10,13H,1H3. The smallest absolute Gasteiger partial charge is 0.123 e. The van der Waals surface area contributed by atoms with Crippen molar-refractivity contribution < 1.29 is 9.13 Å². The molecule has 1 unspecified atom stereocenters. The van der Waals surface area contributed by atoms with Gasteiger partial charge in [0.15, 0.2) is 0 Å². The summed E-state index contributed by atoms with van der Waals surface area (Å²) < 4.78 is 18.4. The molecule has 0 saturated heterocycles. The van der Waals surface area contributed by atoms with Crippen LogP contribution in [0.1, 0.15) is 11.5 Å². The molecule has 0 aliphatic heterocycles. The predicted octanol–water partition coefficient (Wildman–Crippen LogP) is 3.88. The summed E-state index contributed by atoms with van der Waals surface area (Å²) in [5.41, 5.74) is 3.36. The summed E-state index contributed by atoms with van der Waals surface area (Å²) in [4.78, 5) is 0. The topological polar surface area (TPSA) is 9.23 Å². The van der Waals surface area contributed by atoms with Crippen LogP contribution in [-0.2, 0) is 4.74 Å². The third-order valence-electron chi connectivity index (χ3n) is 3.28. The molecule has 0 spiro atoms. The molecule has 1 atom stereocenters. The first-order chi connectivity index (χ1) is 8.78. The van der Waals surface area contributed by atoms with Gasteiger partial charge in [0.05, 0.1) is 7.11 Å². The molecule has 18 heavy (non-hydrogen) atoms. The fourth-order valence-corrected chi connectivity index (χ4v) is 2.35. The highest BCUT2D eigenvalue weighted by atomic mass is 19.1. The molecule has 0 bridgehead atoms. The summed E-state index contributed by atoms with van der Waals surface area (Å²) in [6.07, 6.45) is 10.4. The molecule has 0 aromatic heterocycles. The van der Waals surface area contributed by atoms with E-state index in [1.807, 2.05) is 24.3 Å². The van der Waals surface area contributed by atoms with Crippen molar-refractivity contribution in [3.8, 4) is 0 Å². The third-order valence-corrected chi connectivity index (χ3v) is 3.28. The molecule has 1 aromatic rings. The molecule has 0 heterocycles. The van der Waals surface area contributed by atoms with Gasteiger partial charge >= 0.3 is 0 Å². The molecular formula is C16H13FO. The SMILES string of the molecule is COC1=CC(c2ccc(F)cc2)C=C2C=CC=C21. The van der Waals surface area contributed by atoms with Crippen LogP contribution in [0.3, 0.4) is 0 Å². The number of ether oxygens (including phenoxy) is 1. The van der Waals surface area contributed by atoms with Crippen molar-refractivity contribution >= 4 is 0 Å². The van der Waals surface area contributed by atoms with Crippen molar-refractivity contribution in [2.75, 3.05) is 7.11 Å². The van der Waals surface area contributed by atoms with E-state index in [0.717, 1.165) is 16.9 Å². The number of halogens is 1. The maximum atomic E-state index is 12.9. The fourth-order valence-electron chi connectivity index (χ4n) is 2.35. The number of fused-ring (bicyclic) bond motifs is 1. The molecule has 90 valence electrons. The van der Waals surface area contributed by atoms with E-state index in [-0.39, 0.29) is 11.7 Å². The Bertz CT molecular complexity index is 588. The highest BCUT2D eigenvalue weighted by Gasteiger charge is 2.21. The van der Waals surface area contributed by atoms with Gasteiger partial charge < -0.3 is 4.74 Å². The Morgan fingerprint density at radius 2 is 1.89 bits per heavy atom. The van der Waals surface area contributed by atoms with E-state index < -0.39 is 0 Å². The van der Waals surface area contributed by atoms with Crippen molar-refractivity contribution in [3.63, 3.8) is 0 Å². The maximum Gasteiger partial charge on any atom is 0.123 e. The van der Waals surface area contributed by atoms with E-state index in [0.29, 0.717) is 0 Å². The zero-order valence-electron chi connectivity index (χ0n) is 10.1. The van der Waals surface area contributed by atoms with Crippen molar-refractivity contribution in [2.45, 2.75) is 5.92 Å². The van der Waals surface area contributed by atoms with Gasteiger partial charge in [-0.1, -0.05) is 36.4 Å². The number of hydrogen-bond donors (Lipinski definition) is 0. The molecule has 1 aromatic carbocycles. The van der Waals surface area contributed by atoms with Gasteiger partial charge in [0, 0.05) is 11.5 Å². The van der Waals surface area contributed by atoms with Crippen molar-refractivity contribution in [3.05, 3.63) is 82.9 Å². The lowest BCUT2D eigenvalue weighted by molar-refractivity contribution is 0.299. The number of hydrogen-bond acceptors (Lipinski definition) is 1. The summed E-state index contributed by atoms with van der Waals surface area (Å²) in [6.45, 7) is 0. The van der Waals surface area contributed by atoms with Gasteiger partial charge in [-0.05, 0) is 29.3 Å². The number of methoxy groups -OCH3 is 1. The second-order valence-corrected chi connectivity index (χ2v) is 4.37. The van der Waals surface area contributed by atoms with E-state index in [1.165, 1.54) is 17.7 Å². The van der Waals surface area contributed by atoms with E-state index in [4.69, 9.17) is 4.74 Å².